The summed E-state index contributed by atoms with van der Waals surface area (Å²) in [6.45, 7) is 0.557. The van der Waals surface area contributed by atoms with Crippen LogP contribution < -0.4 is 16.9 Å². The van der Waals surface area contributed by atoms with Crippen LogP contribution in [-0.4, -0.2) is 36.6 Å². The van der Waals surface area contributed by atoms with Crippen molar-refractivity contribution in [3.05, 3.63) is 35.3 Å². The lowest BCUT2D eigenvalue weighted by atomic mass is 9.81. The van der Waals surface area contributed by atoms with Gasteiger partial charge in [-0.1, -0.05) is 12.2 Å². The van der Waals surface area contributed by atoms with Crippen LogP contribution in [0.4, 0.5) is 0 Å². The summed E-state index contributed by atoms with van der Waals surface area (Å²) in [5, 5.41) is 1.68. The first-order valence-corrected chi connectivity index (χ1v) is 6.01. The molecule has 7 nitrogen and oxygen atoms in total. The molecule has 7 heteroatoms. The van der Waals surface area contributed by atoms with E-state index in [1.54, 1.807) is 18.5 Å². The number of nitrogens with zero attached hydrogens (tertiary/aromatic N) is 3. The summed E-state index contributed by atoms with van der Waals surface area (Å²) in [6, 6.07) is 0. The summed E-state index contributed by atoms with van der Waals surface area (Å²) in [5.41, 5.74) is 16.1. The van der Waals surface area contributed by atoms with Gasteiger partial charge >= 0.3 is 0 Å². The van der Waals surface area contributed by atoms with Crippen LogP contribution in [0.3, 0.4) is 0 Å². The fourth-order valence-corrected chi connectivity index (χ4v) is 2.37. The third-order valence-corrected chi connectivity index (χ3v) is 3.31. The molecule has 5 N–H and O–H groups in total. The molecule has 0 saturated heterocycles. The van der Waals surface area contributed by atoms with Crippen LogP contribution in [0.5, 0.6) is 0 Å². The number of nitrogens with two attached hydrogens (primary N) is 2. The third-order valence-electron chi connectivity index (χ3n) is 3.31. The van der Waals surface area contributed by atoms with E-state index in [-0.39, 0.29) is 0 Å². The van der Waals surface area contributed by atoms with Gasteiger partial charge in [0.15, 0.2) is 5.82 Å². The highest BCUT2D eigenvalue weighted by molar-refractivity contribution is 5.85. The number of fused-ring (bicyclic) bond motifs is 2. The Morgan fingerprint density at radius 3 is 3.16 bits per heavy atom. The molecule has 0 aromatic heterocycles. The zero-order valence-corrected chi connectivity index (χ0v) is 10.6. The Balaban J connectivity index is 2.07. The van der Waals surface area contributed by atoms with Gasteiger partial charge in [0.05, 0.1) is 11.2 Å². The first kappa shape index (κ1) is 11.9. The van der Waals surface area contributed by atoms with Crippen molar-refractivity contribution in [3.63, 3.8) is 0 Å². The van der Waals surface area contributed by atoms with Crippen LogP contribution in [-0.2, 0) is 4.74 Å². The molecule has 0 aromatic rings. The average molecular weight is 260 g/mol. The van der Waals surface area contributed by atoms with Crippen molar-refractivity contribution < 1.29 is 4.74 Å². The van der Waals surface area contributed by atoms with Gasteiger partial charge in [0.2, 0.25) is 5.96 Å². The molecule has 1 unspecified atom stereocenters. The normalized spacial score (nSPS) is 27.8. The van der Waals surface area contributed by atoms with E-state index in [2.05, 4.69) is 15.4 Å². The van der Waals surface area contributed by atoms with Gasteiger partial charge < -0.3 is 16.2 Å². The Labute approximate surface area is 111 Å². The van der Waals surface area contributed by atoms with E-state index in [4.69, 9.17) is 16.2 Å². The number of aliphatic imine (C=N–C) groups is 2. The van der Waals surface area contributed by atoms with Gasteiger partial charge in [-0.25, -0.2) is 10.0 Å². The Morgan fingerprint density at radius 2 is 2.37 bits per heavy atom. The summed E-state index contributed by atoms with van der Waals surface area (Å²) in [5.74, 6) is 1.03. The highest BCUT2D eigenvalue weighted by atomic mass is 16.5. The van der Waals surface area contributed by atoms with Gasteiger partial charge in [-0.05, 0) is 12.5 Å². The number of ether oxygens (including phenoxy) is 1. The highest BCUT2D eigenvalue weighted by Gasteiger charge is 2.38. The number of hydrazine groups is 1. The molecule has 100 valence electrons. The predicted molar refractivity (Wildman–Crippen MR) is 72.7 cm³/mol. The molecule has 3 rings (SSSR count). The quantitative estimate of drug-likeness (QED) is 0.638. The molecular formula is C12H16N6O. The second-order valence-electron chi connectivity index (χ2n) is 4.62. The van der Waals surface area contributed by atoms with Crippen molar-refractivity contribution in [3.8, 4) is 0 Å². The molecule has 0 bridgehead atoms. The Kier molecular flexibility index (Phi) is 2.65. The zero-order chi connectivity index (χ0) is 13.5. The minimum atomic E-state index is -0.652. The van der Waals surface area contributed by atoms with E-state index in [9.17, 15) is 0 Å². The number of hydrogen-bond donors (Lipinski definition) is 3. The number of guanidine groups is 1. The van der Waals surface area contributed by atoms with Crippen LogP contribution in [0.25, 0.3) is 0 Å². The van der Waals surface area contributed by atoms with E-state index in [1.165, 1.54) is 0 Å². The summed E-state index contributed by atoms with van der Waals surface area (Å²) in [4.78, 5) is 8.67. The minimum Gasteiger partial charge on any atom is -0.385 e. The predicted octanol–water partition coefficient (Wildman–Crippen LogP) is -0.437. The Bertz CT molecular complexity index is 559. The lowest BCUT2D eigenvalue weighted by molar-refractivity contribution is 0.182. The van der Waals surface area contributed by atoms with Crippen molar-refractivity contribution in [2.45, 2.75) is 12.0 Å². The van der Waals surface area contributed by atoms with Crippen LogP contribution >= 0.6 is 0 Å². The first-order valence-electron chi connectivity index (χ1n) is 6.01. The zero-order valence-electron chi connectivity index (χ0n) is 10.6. The lowest BCUT2D eigenvalue weighted by Gasteiger charge is -2.35. The van der Waals surface area contributed by atoms with E-state index in [0.29, 0.717) is 24.8 Å². The maximum atomic E-state index is 6.50. The van der Waals surface area contributed by atoms with Gasteiger partial charge in [-0.3, -0.25) is 5.43 Å². The summed E-state index contributed by atoms with van der Waals surface area (Å²) in [6.07, 6.45) is 8.06. The van der Waals surface area contributed by atoms with Crippen molar-refractivity contribution in [1.29, 1.82) is 0 Å². The largest absolute Gasteiger partial charge is 0.385 e. The topological polar surface area (TPSA) is 101 Å². The van der Waals surface area contributed by atoms with Gasteiger partial charge in [-0.2, -0.15) is 4.99 Å². The standard InChI is InChI=1S/C12H16N6O/c1-19-6-5-12(14)4-2-3-8-9(12)10-16-11(13)17-18(10)7-15-8/h2-4,7H,5-6,14H2,1H3,(H3,13,16,17). The van der Waals surface area contributed by atoms with Crippen molar-refractivity contribution in [2.75, 3.05) is 13.7 Å². The molecule has 19 heavy (non-hydrogen) atoms. The monoisotopic (exact) mass is 260 g/mol. The number of allylic oxidation sites excluding steroid dienone is 2. The SMILES string of the molecule is COCCC1(N)C=CC=C2N=CN3NC(N)=NC3=C21. The molecular weight excluding hydrogens is 244 g/mol. The van der Waals surface area contributed by atoms with Crippen molar-refractivity contribution in [2.24, 2.45) is 21.5 Å². The fourth-order valence-electron chi connectivity index (χ4n) is 2.37. The maximum absolute atomic E-state index is 6.50. The Morgan fingerprint density at radius 1 is 1.53 bits per heavy atom. The van der Waals surface area contributed by atoms with Gasteiger partial charge in [-0.15, -0.1) is 0 Å². The molecule has 2 heterocycles. The first-order chi connectivity index (χ1) is 9.14. The smallest absolute Gasteiger partial charge is 0.215 e. The highest BCUT2D eigenvalue weighted by Crippen LogP contribution is 2.37. The second-order valence-corrected chi connectivity index (χ2v) is 4.62. The molecule has 0 amide bonds. The van der Waals surface area contributed by atoms with Crippen LogP contribution in [0.1, 0.15) is 6.42 Å². The van der Waals surface area contributed by atoms with Crippen molar-refractivity contribution in [1.82, 2.24) is 10.4 Å². The van der Waals surface area contributed by atoms with E-state index in [1.807, 2.05) is 18.2 Å². The van der Waals surface area contributed by atoms with Crippen LogP contribution in [0.15, 0.2) is 45.3 Å². The molecule has 2 aliphatic heterocycles. The molecule has 0 spiro atoms. The van der Waals surface area contributed by atoms with Crippen LogP contribution in [0, 0.1) is 0 Å². The summed E-state index contributed by atoms with van der Waals surface area (Å²) >= 11 is 0. The van der Waals surface area contributed by atoms with Gasteiger partial charge in [0.1, 0.15) is 6.34 Å². The summed E-state index contributed by atoms with van der Waals surface area (Å²) < 4.78 is 5.14. The molecule has 1 aliphatic carbocycles. The molecule has 1 atom stereocenters. The molecule has 3 aliphatic rings. The number of methoxy groups -OCH3 is 1. The lowest BCUT2D eigenvalue weighted by Crippen LogP contribution is -2.47. The molecule has 0 fully saturated rings. The minimum absolute atomic E-state index is 0.332. The molecule has 0 aromatic carbocycles. The summed E-state index contributed by atoms with van der Waals surface area (Å²) in [7, 11) is 1.66. The van der Waals surface area contributed by atoms with Gasteiger partial charge in [0, 0.05) is 19.3 Å². The van der Waals surface area contributed by atoms with E-state index >= 15 is 0 Å². The van der Waals surface area contributed by atoms with Gasteiger partial charge in [0.25, 0.3) is 0 Å². The maximum Gasteiger partial charge on any atom is 0.215 e. The van der Waals surface area contributed by atoms with Crippen molar-refractivity contribution >= 4 is 12.3 Å². The molecule has 0 saturated carbocycles. The van der Waals surface area contributed by atoms with E-state index < -0.39 is 5.54 Å². The molecule has 0 radical (unpaired) electrons. The number of hydrogen-bond acceptors (Lipinski definition) is 7. The fraction of sp³-hybridized carbons (Fsp3) is 0.333. The van der Waals surface area contributed by atoms with E-state index in [0.717, 1.165) is 11.3 Å². The number of nitrogens with one attached hydrogen (secondary N) is 1. The Hall–Kier alpha value is -2.12. The van der Waals surface area contributed by atoms with Crippen LogP contribution in [0.2, 0.25) is 0 Å². The average Bonchev–Trinajstić information content (AvgIpc) is 2.76. The number of rotatable bonds is 3. The second kappa shape index (κ2) is 4.22. The third kappa shape index (κ3) is 1.83.